The van der Waals surface area contributed by atoms with Crippen molar-refractivity contribution >= 4 is 47.6 Å². The molecule has 0 aliphatic heterocycles. The molecule has 402 valence electrons. The summed E-state index contributed by atoms with van der Waals surface area (Å²) in [6, 6.07) is 16.7. The Balaban J connectivity index is 0.000000399. The summed E-state index contributed by atoms with van der Waals surface area (Å²) in [5, 5.41) is 0. The number of ketones is 2. The summed E-state index contributed by atoms with van der Waals surface area (Å²) in [6.45, 7) is 31.3. The maximum atomic E-state index is 13.2. The third-order valence-corrected chi connectivity index (χ3v) is 11.0. The van der Waals surface area contributed by atoms with E-state index in [2.05, 4.69) is 0 Å². The van der Waals surface area contributed by atoms with Crippen molar-refractivity contribution in [3.8, 4) is 34.5 Å². The largest absolute Gasteiger partial charge is 0.496 e. The maximum Gasteiger partial charge on any atom is 0.316 e. The van der Waals surface area contributed by atoms with Gasteiger partial charge in [-0.1, -0.05) is 24.3 Å². The van der Waals surface area contributed by atoms with Crippen LogP contribution in [0.1, 0.15) is 158 Å². The smallest absolute Gasteiger partial charge is 0.316 e. The van der Waals surface area contributed by atoms with Crippen LogP contribution in [-0.4, -0.2) is 49.2 Å². The number of rotatable bonds is 17. The summed E-state index contributed by atoms with van der Waals surface area (Å²) >= 11 is 0. The van der Waals surface area contributed by atoms with Gasteiger partial charge in [0, 0.05) is 11.1 Å². The molecule has 75 heavy (non-hydrogen) atoms. The number of carbonyl (C=O) groups excluding carboxylic acids is 6. The Bertz CT molecular complexity index is 2810. The molecular weight excluding hydrogens is 949 g/mol. The topological polar surface area (TPSA) is 158 Å². The minimum absolute atomic E-state index is 0.256. The van der Waals surface area contributed by atoms with Gasteiger partial charge in [-0.2, -0.15) is 0 Å². The fourth-order valence-electron chi connectivity index (χ4n) is 6.60. The van der Waals surface area contributed by atoms with Crippen LogP contribution in [0.15, 0.2) is 97.1 Å². The van der Waals surface area contributed by atoms with Crippen LogP contribution in [0.3, 0.4) is 0 Å². The zero-order valence-corrected chi connectivity index (χ0v) is 47.4. The SMILES string of the molecule is CC=CCc1cc(CC=CC)c(OC(=O)C(C)(C)C)c(C=CC(=O)c2ccc(OC(=O)C(C)(C)C)cc2)c1OC.CCOc1c(C)cc(C)c(OC(=O)C(C)(C)C)c1C=CC(=O)c1ccc(OC(=O)C(C)(C)C)cc1. The van der Waals surface area contributed by atoms with Gasteiger partial charge in [-0.3, -0.25) is 28.8 Å². The van der Waals surface area contributed by atoms with Gasteiger partial charge in [0.1, 0.15) is 34.5 Å². The quantitative estimate of drug-likeness (QED) is 0.0324. The fraction of sp³-hybridized carbons (Fsp3) is 0.397. The lowest BCUT2D eigenvalue weighted by Gasteiger charge is -2.22. The Hall–Kier alpha value is -7.34. The van der Waals surface area contributed by atoms with Gasteiger partial charge in [0.15, 0.2) is 11.6 Å². The lowest BCUT2D eigenvalue weighted by molar-refractivity contribution is -0.143. The van der Waals surface area contributed by atoms with E-state index < -0.39 is 21.7 Å². The molecule has 0 atom stereocenters. The molecule has 4 aromatic carbocycles. The second kappa shape index (κ2) is 26.7. The summed E-state index contributed by atoms with van der Waals surface area (Å²) < 4.78 is 34.2. The first-order chi connectivity index (χ1) is 34.9. The summed E-state index contributed by atoms with van der Waals surface area (Å²) in [5.74, 6) is 0.558. The Kier molecular flexibility index (Phi) is 22.1. The van der Waals surface area contributed by atoms with Gasteiger partial charge in [0.25, 0.3) is 0 Å². The van der Waals surface area contributed by atoms with Gasteiger partial charge < -0.3 is 28.4 Å². The van der Waals surface area contributed by atoms with Crippen LogP contribution in [0.5, 0.6) is 34.5 Å². The number of allylic oxidation sites excluding steroid dienone is 6. The maximum absolute atomic E-state index is 13.2. The third kappa shape index (κ3) is 18.2. The predicted molar refractivity (Wildman–Crippen MR) is 297 cm³/mol. The molecule has 0 spiro atoms. The Labute approximate surface area is 445 Å². The molecule has 0 aliphatic rings. The van der Waals surface area contributed by atoms with E-state index >= 15 is 0 Å². The molecule has 0 bridgehead atoms. The fourth-order valence-corrected chi connectivity index (χ4v) is 6.60. The number of ether oxygens (including phenoxy) is 6. The average Bonchev–Trinajstić information content (AvgIpc) is 3.32. The van der Waals surface area contributed by atoms with Crippen LogP contribution >= 0.6 is 0 Å². The average molecular weight is 1030 g/mol. The monoisotopic (exact) mass is 1030 g/mol. The van der Waals surface area contributed by atoms with Crippen molar-refractivity contribution in [2.24, 2.45) is 21.7 Å². The Morgan fingerprint density at radius 2 is 0.813 bits per heavy atom. The van der Waals surface area contributed by atoms with Crippen LogP contribution in [0, 0.1) is 35.5 Å². The summed E-state index contributed by atoms with van der Waals surface area (Å²) in [6.07, 6.45) is 15.2. The van der Waals surface area contributed by atoms with E-state index in [1.807, 2.05) is 71.1 Å². The van der Waals surface area contributed by atoms with Crippen LogP contribution in [0.2, 0.25) is 0 Å². The van der Waals surface area contributed by atoms with E-state index in [4.69, 9.17) is 28.4 Å². The second-order valence-corrected chi connectivity index (χ2v) is 22.0. The van der Waals surface area contributed by atoms with Crippen LogP contribution in [0.4, 0.5) is 0 Å². The lowest BCUT2D eigenvalue weighted by Crippen LogP contribution is -2.26. The van der Waals surface area contributed by atoms with Gasteiger partial charge in [-0.15, -0.1) is 0 Å². The highest BCUT2D eigenvalue weighted by molar-refractivity contribution is 6.08. The van der Waals surface area contributed by atoms with E-state index in [9.17, 15) is 28.8 Å². The molecule has 0 unspecified atom stereocenters. The van der Waals surface area contributed by atoms with E-state index in [1.54, 1.807) is 151 Å². The number of hydrogen-bond donors (Lipinski definition) is 0. The van der Waals surface area contributed by atoms with Crippen molar-refractivity contribution in [3.63, 3.8) is 0 Å². The van der Waals surface area contributed by atoms with E-state index in [0.717, 1.165) is 22.3 Å². The predicted octanol–water partition coefficient (Wildman–Crippen LogP) is 14.2. The number of hydrogen-bond acceptors (Lipinski definition) is 12. The van der Waals surface area contributed by atoms with Gasteiger partial charge in [-0.25, -0.2) is 0 Å². The van der Waals surface area contributed by atoms with Crippen molar-refractivity contribution in [2.45, 2.75) is 131 Å². The second-order valence-electron chi connectivity index (χ2n) is 22.0. The first-order valence-electron chi connectivity index (χ1n) is 25.1. The summed E-state index contributed by atoms with van der Waals surface area (Å²) in [5.41, 5.74) is 2.55. The number of carbonyl (C=O) groups is 6. The number of methoxy groups -OCH3 is 1. The number of esters is 4. The highest BCUT2D eigenvalue weighted by atomic mass is 16.6. The van der Waals surface area contributed by atoms with Gasteiger partial charge in [0.2, 0.25) is 0 Å². The van der Waals surface area contributed by atoms with Crippen molar-refractivity contribution in [1.82, 2.24) is 0 Å². The zero-order chi connectivity index (χ0) is 56.6. The molecule has 4 rings (SSSR count). The summed E-state index contributed by atoms with van der Waals surface area (Å²) in [4.78, 5) is 75.9. The van der Waals surface area contributed by atoms with Crippen molar-refractivity contribution in [2.75, 3.05) is 13.7 Å². The van der Waals surface area contributed by atoms with E-state index in [1.165, 1.54) is 12.2 Å². The number of aryl methyl sites for hydroxylation is 2. The molecular formula is C63H78O12. The van der Waals surface area contributed by atoms with Crippen molar-refractivity contribution in [1.29, 1.82) is 0 Å². The zero-order valence-electron chi connectivity index (χ0n) is 47.4. The van der Waals surface area contributed by atoms with Gasteiger partial charge >= 0.3 is 23.9 Å². The van der Waals surface area contributed by atoms with Gasteiger partial charge in [0.05, 0.1) is 46.5 Å². The first-order valence-corrected chi connectivity index (χ1v) is 25.1. The molecule has 12 heteroatoms. The van der Waals surface area contributed by atoms with Crippen molar-refractivity contribution < 1.29 is 57.2 Å². The van der Waals surface area contributed by atoms with Crippen molar-refractivity contribution in [3.05, 3.63) is 142 Å². The molecule has 0 N–H and O–H groups in total. The molecule has 0 aliphatic carbocycles. The molecule has 0 saturated heterocycles. The van der Waals surface area contributed by atoms with Gasteiger partial charge in [-0.05, 0) is 238 Å². The molecule has 0 saturated carbocycles. The Morgan fingerprint density at radius 1 is 0.467 bits per heavy atom. The van der Waals surface area contributed by atoms with E-state index in [0.29, 0.717) is 76.2 Å². The minimum atomic E-state index is -0.732. The molecule has 0 aromatic heterocycles. The molecule has 0 heterocycles. The number of benzene rings is 4. The lowest BCUT2D eigenvalue weighted by atomic mass is 9.95. The minimum Gasteiger partial charge on any atom is -0.496 e. The molecule has 0 radical (unpaired) electrons. The molecule has 4 aromatic rings. The third-order valence-electron chi connectivity index (χ3n) is 11.0. The normalized spacial score (nSPS) is 12.1. The molecule has 12 nitrogen and oxygen atoms in total. The Morgan fingerprint density at radius 3 is 1.17 bits per heavy atom. The molecule has 0 fully saturated rings. The first kappa shape index (κ1) is 62.0. The highest BCUT2D eigenvalue weighted by Gasteiger charge is 2.30. The van der Waals surface area contributed by atoms with Crippen LogP contribution < -0.4 is 28.4 Å². The van der Waals surface area contributed by atoms with Crippen LogP contribution in [0.25, 0.3) is 12.2 Å². The summed E-state index contributed by atoms with van der Waals surface area (Å²) in [7, 11) is 1.56. The highest BCUT2D eigenvalue weighted by Crippen LogP contribution is 2.40. The standard InChI is InChI=1S/C34H42O6.C29H36O6/c1-10-12-14-24-22-25(15-13-11-2)30(40-32(37)34(6,7)8)27(29(24)38-9)20-21-28(35)23-16-18-26(19-17-23)39-31(36)33(3,4)5;1-10-33-24-18(2)17-19(3)25(35-27(32)29(7,8)9)22(24)15-16-23(30)20-11-13-21(14-12-20)34-26(31)28(4,5)6/h10-13,16-22H,14-15H2,1-9H3;11-17H,10H2,1-9H3. The van der Waals surface area contributed by atoms with Crippen LogP contribution in [-0.2, 0) is 32.0 Å². The van der Waals surface area contributed by atoms with E-state index in [-0.39, 0.29) is 35.4 Å². The molecule has 0 amide bonds.